The first kappa shape index (κ1) is 17.6. The Morgan fingerprint density at radius 3 is 2.64 bits per heavy atom. The van der Waals surface area contributed by atoms with E-state index >= 15 is 0 Å². The Labute approximate surface area is 145 Å². The lowest BCUT2D eigenvalue weighted by Gasteiger charge is -2.25. The lowest BCUT2D eigenvalue weighted by atomic mass is 10.3. The number of hydrogen-bond donors (Lipinski definition) is 1. The van der Waals surface area contributed by atoms with Gasteiger partial charge in [-0.3, -0.25) is 4.79 Å². The van der Waals surface area contributed by atoms with Gasteiger partial charge in [-0.15, -0.1) is 0 Å². The highest BCUT2D eigenvalue weighted by molar-refractivity contribution is 7.89. The summed E-state index contributed by atoms with van der Waals surface area (Å²) in [6.45, 7) is 1.25. The second-order valence-corrected chi connectivity index (χ2v) is 7.59. The lowest BCUT2D eigenvalue weighted by molar-refractivity contribution is 0.0730. The van der Waals surface area contributed by atoms with Crippen molar-refractivity contribution in [1.82, 2.24) is 8.87 Å². The first-order chi connectivity index (χ1) is 11.9. The number of carbonyl (C=O) groups is 1. The summed E-state index contributed by atoms with van der Waals surface area (Å²) in [5.41, 5.74) is 0.458. The molecule has 0 bridgehead atoms. The summed E-state index contributed by atoms with van der Waals surface area (Å²) in [4.78, 5) is 12.4. The maximum atomic E-state index is 13.2. The molecule has 1 aromatic heterocycles. The van der Waals surface area contributed by atoms with Crippen molar-refractivity contribution in [3.63, 3.8) is 0 Å². The molecule has 7 nitrogen and oxygen atoms in total. The number of anilines is 1. The number of carbonyl (C=O) groups excluding carboxylic acids is 1. The quantitative estimate of drug-likeness (QED) is 0.887. The van der Waals surface area contributed by atoms with Crippen molar-refractivity contribution in [1.29, 1.82) is 0 Å². The minimum atomic E-state index is -3.68. The predicted octanol–water partition coefficient (Wildman–Crippen LogP) is 1.44. The Bertz CT molecular complexity index is 889. The van der Waals surface area contributed by atoms with E-state index in [9.17, 15) is 17.6 Å². The summed E-state index contributed by atoms with van der Waals surface area (Å²) >= 11 is 0. The molecule has 1 saturated heterocycles. The number of rotatable bonds is 4. The van der Waals surface area contributed by atoms with Gasteiger partial charge in [-0.1, -0.05) is 6.07 Å². The third-order valence-electron chi connectivity index (χ3n) is 3.90. The Balaban J connectivity index is 1.83. The number of aryl methyl sites for hydroxylation is 1. The van der Waals surface area contributed by atoms with Crippen LogP contribution >= 0.6 is 0 Å². The predicted molar refractivity (Wildman–Crippen MR) is 89.3 cm³/mol. The van der Waals surface area contributed by atoms with Crippen LogP contribution in [0.2, 0.25) is 0 Å². The SMILES string of the molecule is Cn1cc(S(=O)(=O)N2CCOCC2)cc1C(=O)Nc1cccc(F)c1. The van der Waals surface area contributed by atoms with Crippen molar-refractivity contribution in [3.05, 3.63) is 48.0 Å². The van der Waals surface area contributed by atoms with Crippen molar-refractivity contribution < 1.29 is 22.3 Å². The molecule has 0 radical (unpaired) electrons. The molecule has 1 aromatic carbocycles. The molecule has 0 saturated carbocycles. The van der Waals surface area contributed by atoms with E-state index in [4.69, 9.17) is 4.74 Å². The number of ether oxygens (including phenoxy) is 1. The average molecular weight is 367 g/mol. The molecule has 1 fully saturated rings. The number of sulfonamides is 1. The molecule has 1 N–H and O–H groups in total. The fourth-order valence-electron chi connectivity index (χ4n) is 2.60. The van der Waals surface area contributed by atoms with Crippen molar-refractivity contribution >= 4 is 21.6 Å². The Morgan fingerprint density at radius 1 is 1.24 bits per heavy atom. The third kappa shape index (κ3) is 3.73. The maximum Gasteiger partial charge on any atom is 0.272 e. The van der Waals surface area contributed by atoms with Crippen LogP contribution in [0.25, 0.3) is 0 Å². The lowest BCUT2D eigenvalue weighted by Crippen LogP contribution is -2.40. The molecule has 25 heavy (non-hydrogen) atoms. The minimum Gasteiger partial charge on any atom is -0.379 e. The van der Waals surface area contributed by atoms with Gasteiger partial charge in [0.2, 0.25) is 10.0 Å². The fraction of sp³-hybridized carbons (Fsp3) is 0.312. The first-order valence-electron chi connectivity index (χ1n) is 7.69. The highest BCUT2D eigenvalue weighted by atomic mass is 32.2. The van der Waals surface area contributed by atoms with Gasteiger partial charge in [-0.25, -0.2) is 12.8 Å². The van der Waals surface area contributed by atoms with E-state index in [1.165, 1.54) is 39.3 Å². The number of morpholine rings is 1. The van der Waals surface area contributed by atoms with E-state index in [0.29, 0.717) is 18.9 Å². The van der Waals surface area contributed by atoms with Crippen LogP contribution in [0.5, 0.6) is 0 Å². The summed E-state index contributed by atoms with van der Waals surface area (Å²) < 4.78 is 46.5. The molecule has 1 aliphatic rings. The van der Waals surface area contributed by atoms with Gasteiger partial charge in [-0.2, -0.15) is 4.31 Å². The van der Waals surface area contributed by atoms with Crippen molar-refractivity contribution in [2.24, 2.45) is 7.05 Å². The Kier molecular flexibility index (Phi) is 4.89. The smallest absolute Gasteiger partial charge is 0.272 e. The van der Waals surface area contributed by atoms with Crippen LogP contribution in [0, 0.1) is 5.82 Å². The minimum absolute atomic E-state index is 0.0429. The number of amides is 1. The summed E-state index contributed by atoms with van der Waals surface area (Å²) in [5.74, 6) is -0.989. The highest BCUT2D eigenvalue weighted by Crippen LogP contribution is 2.20. The van der Waals surface area contributed by atoms with E-state index < -0.39 is 21.7 Å². The zero-order chi connectivity index (χ0) is 18.0. The first-order valence-corrected chi connectivity index (χ1v) is 9.13. The zero-order valence-corrected chi connectivity index (χ0v) is 14.4. The molecular formula is C16H18FN3O4S. The topological polar surface area (TPSA) is 80.6 Å². The van der Waals surface area contributed by atoms with Crippen LogP contribution in [0.1, 0.15) is 10.5 Å². The number of benzene rings is 1. The average Bonchev–Trinajstić information content (AvgIpc) is 2.98. The van der Waals surface area contributed by atoms with E-state index in [1.54, 1.807) is 13.1 Å². The van der Waals surface area contributed by atoms with Gasteiger partial charge in [0.05, 0.1) is 13.2 Å². The molecule has 1 amide bonds. The van der Waals surface area contributed by atoms with Crippen LogP contribution in [0.15, 0.2) is 41.4 Å². The second kappa shape index (κ2) is 6.95. The van der Waals surface area contributed by atoms with Crippen LogP contribution in [0.4, 0.5) is 10.1 Å². The largest absolute Gasteiger partial charge is 0.379 e. The molecule has 3 rings (SSSR count). The van der Waals surface area contributed by atoms with Gasteiger partial charge in [0.15, 0.2) is 0 Å². The second-order valence-electron chi connectivity index (χ2n) is 5.65. The molecule has 0 unspecified atom stereocenters. The molecule has 0 spiro atoms. The van der Waals surface area contributed by atoms with E-state index in [-0.39, 0.29) is 23.7 Å². The van der Waals surface area contributed by atoms with Gasteiger partial charge in [0.25, 0.3) is 5.91 Å². The van der Waals surface area contributed by atoms with Crippen LogP contribution in [-0.4, -0.2) is 49.5 Å². The number of nitrogens with one attached hydrogen (secondary N) is 1. The summed E-state index contributed by atoms with van der Waals surface area (Å²) in [7, 11) is -2.10. The normalized spacial score (nSPS) is 15.9. The summed E-state index contributed by atoms with van der Waals surface area (Å²) in [6.07, 6.45) is 1.39. The molecule has 9 heteroatoms. The van der Waals surface area contributed by atoms with Crippen molar-refractivity contribution in [2.45, 2.75) is 4.90 Å². The summed E-state index contributed by atoms with van der Waals surface area (Å²) in [5, 5.41) is 2.56. The van der Waals surface area contributed by atoms with Gasteiger partial charge in [0.1, 0.15) is 16.4 Å². The number of halogens is 1. The van der Waals surface area contributed by atoms with E-state index in [0.717, 1.165) is 0 Å². The van der Waals surface area contributed by atoms with Gasteiger partial charge in [-0.05, 0) is 24.3 Å². The standard InChI is InChI=1S/C16H18FN3O4S/c1-19-11-14(25(22,23)20-5-7-24-8-6-20)10-15(19)16(21)18-13-4-2-3-12(17)9-13/h2-4,9-11H,5-8H2,1H3,(H,18,21). The van der Waals surface area contributed by atoms with Crippen LogP contribution in [-0.2, 0) is 21.8 Å². The van der Waals surface area contributed by atoms with Gasteiger partial charge in [0, 0.05) is 32.0 Å². The zero-order valence-electron chi connectivity index (χ0n) is 13.6. The third-order valence-corrected chi connectivity index (χ3v) is 5.77. The Morgan fingerprint density at radius 2 is 1.96 bits per heavy atom. The number of hydrogen-bond acceptors (Lipinski definition) is 4. The molecule has 2 heterocycles. The summed E-state index contributed by atoms with van der Waals surface area (Å²) in [6, 6.07) is 6.80. The van der Waals surface area contributed by atoms with Crippen LogP contribution in [0.3, 0.4) is 0 Å². The van der Waals surface area contributed by atoms with Gasteiger partial charge < -0.3 is 14.6 Å². The molecule has 0 aliphatic carbocycles. The molecule has 134 valence electrons. The number of aromatic nitrogens is 1. The number of nitrogens with zero attached hydrogens (tertiary/aromatic N) is 2. The molecule has 0 atom stereocenters. The van der Waals surface area contributed by atoms with E-state index in [2.05, 4.69) is 5.32 Å². The maximum absolute atomic E-state index is 13.2. The Hall–Kier alpha value is -2.23. The highest BCUT2D eigenvalue weighted by Gasteiger charge is 2.28. The van der Waals surface area contributed by atoms with Gasteiger partial charge >= 0.3 is 0 Å². The monoisotopic (exact) mass is 367 g/mol. The van der Waals surface area contributed by atoms with E-state index in [1.807, 2.05) is 0 Å². The molecular weight excluding hydrogens is 349 g/mol. The molecule has 1 aliphatic heterocycles. The van der Waals surface area contributed by atoms with Crippen molar-refractivity contribution in [3.8, 4) is 0 Å². The van der Waals surface area contributed by atoms with Crippen LogP contribution < -0.4 is 5.32 Å². The van der Waals surface area contributed by atoms with Crippen molar-refractivity contribution in [2.75, 3.05) is 31.6 Å². The fourth-order valence-corrected chi connectivity index (χ4v) is 4.08. The molecule has 2 aromatic rings.